The van der Waals surface area contributed by atoms with Crippen molar-refractivity contribution in [2.75, 3.05) is 0 Å². The van der Waals surface area contributed by atoms with Gasteiger partial charge >= 0.3 is 6.18 Å². The van der Waals surface area contributed by atoms with Crippen LogP contribution < -0.4 is 11.1 Å². The Labute approximate surface area is 118 Å². The van der Waals surface area contributed by atoms with E-state index >= 15 is 0 Å². The number of halogens is 3. The summed E-state index contributed by atoms with van der Waals surface area (Å²) in [5, 5.41) is 10.1. The zero-order valence-corrected chi connectivity index (χ0v) is 11.2. The topological polar surface area (TPSA) is 85.3 Å². The second-order valence-corrected chi connectivity index (χ2v) is 4.72. The molecular weight excluding hydrogens is 287 g/mol. The van der Waals surface area contributed by atoms with E-state index in [4.69, 9.17) is 5.73 Å². The number of pyridine rings is 1. The number of carbonyl (C=O) groups excluding carboxylic acids is 1. The average Bonchev–Trinajstić information content (AvgIpc) is 2.76. The van der Waals surface area contributed by atoms with Crippen LogP contribution in [0.3, 0.4) is 0 Å². The van der Waals surface area contributed by atoms with Crippen LogP contribution in [0.15, 0.2) is 18.3 Å². The van der Waals surface area contributed by atoms with Crippen molar-refractivity contribution in [2.45, 2.75) is 32.1 Å². The van der Waals surface area contributed by atoms with Crippen LogP contribution in [0.1, 0.15) is 24.7 Å². The van der Waals surface area contributed by atoms with Crippen molar-refractivity contribution >= 4 is 11.6 Å². The first-order valence-corrected chi connectivity index (χ1v) is 6.20. The Kier molecular flexibility index (Phi) is 4.12. The first-order valence-electron chi connectivity index (χ1n) is 6.20. The fourth-order valence-electron chi connectivity index (χ4n) is 1.77. The molecule has 0 bridgehead atoms. The van der Waals surface area contributed by atoms with Crippen LogP contribution in [0.4, 0.5) is 13.2 Å². The highest BCUT2D eigenvalue weighted by Crippen LogP contribution is 2.29. The van der Waals surface area contributed by atoms with E-state index in [1.165, 1.54) is 10.5 Å². The Hall–Kier alpha value is -2.16. The maximum atomic E-state index is 12.7. The predicted molar refractivity (Wildman–Crippen MR) is 68.1 cm³/mol. The summed E-state index contributed by atoms with van der Waals surface area (Å²) >= 11 is 0. The molecule has 0 saturated heterocycles. The molecule has 0 aliphatic heterocycles. The summed E-state index contributed by atoms with van der Waals surface area (Å²) < 4.78 is 39.2. The molecule has 9 heteroatoms. The summed E-state index contributed by atoms with van der Waals surface area (Å²) in [6, 6.07) is 1.86. The van der Waals surface area contributed by atoms with Crippen LogP contribution in [0.25, 0.3) is 5.65 Å². The van der Waals surface area contributed by atoms with Crippen LogP contribution in [-0.2, 0) is 17.5 Å². The third-order valence-corrected chi connectivity index (χ3v) is 2.75. The number of aromatic nitrogens is 3. The van der Waals surface area contributed by atoms with Crippen LogP contribution >= 0.6 is 0 Å². The minimum Gasteiger partial charge on any atom is -0.349 e. The molecule has 1 unspecified atom stereocenters. The lowest BCUT2D eigenvalue weighted by Crippen LogP contribution is -2.30. The molecule has 2 heterocycles. The summed E-state index contributed by atoms with van der Waals surface area (Å²) in [4.78, 5) is 11.5. The molecule has 0 radical (unpaired) electrons. The molecule has 0 fully saturated rings. The van der Waals surface area contributed by atoms with Crippen molar-refractivity contribution in [1.82, 2.24) is 19.9 Å². The lowest BCUT2D eigenvalue weighted by Gasteiger charge is -2.08. The van der Waals surface area contributed by atoms with Gasteiger partial charge in [0.25, 0.3) is 0 Å². The first kappa shape index (κ1) is 15.2. The molecule has 6 nitrogen and oxygen atoms in total. The van der Waals surface area contributed by atoms with Crippen molar-refractivity contribution < 1.29 is 18.0 Å². The quantitative estimate of drug-likeness (QED) is 0.885. The van der Waals surface area contributed by atoms with Gasteiger partial charge in [-0.3, -0.25) is 9.20 Å². The maximum absolute atomic E-state index is 12.7. The van der Waals surface area contributed by atoms with E-state index in [9.17, 15) is 18.0 Å². The summed E-state index contributed by atoms with van der Waals surface area (Å²) in [6.45, 7) is 1.66. The summed E-state index contributed by atoms with van der Waals surface area (Å²) in [6.07, 6.45) is -3.42. The molecule has 3 N–H and O–H groups in total. The second-order valence-electron chi connectivity index (χ2n) is 4.72. The molecule has 0 saturated carbocycles. The SMILES string of the molecule is CC(N)CC(=O)NCc1nnc2ccc(C(F)(F)F)cn12. The Morgan fingerprint density at radius 2 is 2.14 bits per heavy atom. The number of nitrogens with zero attached hydrogens (tertiary/aromatic N) is 3. The van der Waals surface area contributed by atoms with Crippen molar-refractivity contribution in [3.63, 3.8) is 0 Å². The lowest BCUT2D eigenvalue weighted by molar-refractivity contribution is -0.137. The van der Waals surface area contributed by atoms with Crippen molar-refractivity contribution in [3.05, 3.63) is 29.7 Å². The van der Waals surface area contributed by atoms with E-state index in [2.05, 4.69) is 15.5 Å². The molecule has 114 valence electrons. The smallest absolute Gasteiger partial charge is 0.349 e. The fraction of sp³-hybridized carbons (Fsp3) is 0.417. The fourth-order valence-corrected chi connectivity index (χ4v) is 1.77. The summed E-state index contributed by atoms with van der Waals surface area (Å²) in [5.41, 5.74) is 4.95. The van der Waals surface area contributed by atoms with E-state index in [1.807, 2.05) is 0 Å². The Balaban J connectivity index is 2.19. The van der Waals surface area contributed by atoms with Crippen LogP contribution in [0.5, 0.6) is 0 Å². The van der Waals surface area contributed by atoms with Gasteiger partial charge in [-0.25, -0.2) is 0 Å². The molecule has 0 aliphatic carbocycles. The monoisotopic (exact) mass is 301 g/mol. The number of amides is 1. The van der Waals surface area contributed by atoms with E-state index in [0.717, 1.165) is 12.3 Å². The largest absolute Gasteiger partial charge is 0.417 e. The van der Waals surface area contributed by atoms with E-state index in [0.29, 0.717) is 0 Å². The van der Waals surface area contributed by atoms with Gasteiger partial charge in [0.15, 0.2) is 11.5 Å². The summed E-state index contributed by atoms with van der Waals surface area (Å²) in [5.74, 6) is -0.0807. The molecular formula is C12H14F3N5O. The lowest BCUT2D eigenvalue weighted by atomic mass is 10.2. The number of rotatable bonds is 4. The molecule has 1 amide bonds. The number of hydrogen-bond donors (Lipinski definition) is 2. The van der Waals surface area contributed by atoms with E-state index in [1.54, 1.807) is 6.92 Å². The molecule has 21 heavy (non-hydrogen) atoms. The molecule has 0 aromatic carbocycles. The number of fused-ring (bicyclic) bond motifs is 1. The predicted octanol–water partition coefficient (Wildman–Crippen LogP) is 1.10. The Morgan fingerprint density at radius 1 is 1.43 bits per heavy atom. The number of nitrogens with two attached hydrogens (primary N) is 1. The standard InChI is InChI=1S/C12H14F3N5O/c1-7(16)4-11(21)17-5-10-19-18-9-3-2-8(6-20(9)10)12(13,14)15/h2-3,6-7H,4-5,16H2,1H3,(H,17,21). The minimum absolute atomic E-state index is 0.0198. The first-order chi connectivity index (χ1) is 9.77. The Morgan fingerprint density at radius 3 is 2.76 bits per heavy atom. The van der Waals surface area contributed by atoms with Gasteiger partial charge in [0.2, 0.25) is 5.91 Å². The number of carbonyl (C=O) groups is 1. The number of hydrogen-bond acceptors (Lipinski definition) is 4. The third kappa shape index (κ3) is 3.69. The van der Waals surface area contributed by atoms with Crippen LogP contribution in [0, 0.1) is 0 Å². The molecule has 1 atom stereocenters. The molecule has 0 spiro atoms. The van der Waals surface area contributed by atoms with E-state index < -0.39 is 11.7 Å². The van der Waals surface area contributed by atoms with Crippen molar-refractivity contribution in [2.24, 2.45) is 5.73 Å². The average molecular weight is 301 g/mol. The van der Waals surface area contributed by atoms with E-state index in [-0.39, 0.29) is 36.4 Å². The van der Waals surface area contributed by atoms with Gasteiger partial charge in [0, 0.05) is 18.7 Å². The maximum Gasteiger partial charge on any atom is 0.417 e. The zero-order chi connectivity index (χ0) is 15.6. The number of alkyl halides is 3. The molecule has 2 rings (SSSR count). The second kappa shape index (κ2) is 5.68. The molecule has 2 aromatic rings. The highest BCUT2D eigenvalue weighted by Gasteiger charge is 2.31. The minimum atomic E-state index is -4.45. The number of nitrogens with one attached hydrogen (secondary N) is 1. The van der Waals surface area contributed by atoms with Gasteiger partial charge in [0.1, 0.15) is 0 Å². The Bertz CT molecular complexity index is 650. The van der Waals surface area contributed by atoms with Gasteiger partial charge in [-0.1, -0.05) is 0 Å². The van der Waals surface area contributed by atoms with Gasteiger partial charge in [-0.15, -0.1) is 10.2 Å². The highest BCUT2D eigenvalue weighted by atomic mass is 19.4. The normalized spacial score (nSPS) is 13.4. The van der Waals surface area contributed by atoms with Gasteiger partial charge in [0.05, 0.1) is 12.1 Å². The van der Waals surface area contributed by atoms with Gasteiger partial charge < -0.3 is 11.1 Å². The van der Waals surface area contributed by atoms with Crippen molar-refractivity contribution in [3.8, 4) is 0 Å². The molecule has 0 aliphatic rings. The summed E-state index contributed by atoms with van der Waals surface area (Å²) in [7, 11) is 0. The van der Waals surface area contributed by atoms with Crippen LogP contribution in [-0.4, -0.2) is 26.5 Å². The molecule has 2 aromatic heterocycles. The third-order valence-electron chi connectivity index (χ3n) is 2.75. The van der Waals surface area contributed by atoms with Gasteiger partial charge in [-0.05, 0) is 19.1 Å². The zero-order valence-electron chi connectivity index (χ0n) is 11.2. The van der Waals surface area contributed by atoms with Crippen molar-refractivity contribution in [1.29, 1.82) is 0 Å². The van der Waals surface area contributed by atoms with Gasteiger partial charge in [-0.2, -0.15) is 13.2 Å². The van der Waals surface area contributed by atoms with Crippen LogP contribution in [0.2, 0.25) is 0 Å². The highest BCUT2D eigenvalue weighted by molar-refractivity contribution is 5.76.